The lowest BCUT2D eigenvalue weighted by Gasteiger charge is -2.42. The van der Waals surface area contributed by atoms with E-state index in [-0.39, 0.29) is 0 Å². The first-order chi connectivity index (χ1) is 8.53. The lowest BCUT2D eigenvalue weighted by atomic mass is 9.90. The van der Waals surface area contributed by atoms with Crippen molar-refractivity contribution in [3.8, 4) is 0 Å². The standard InChI is InChI=1S/C16H32N2/c1-5-16(3,4)17-12-13(2)18-11-7-9-14-8-6-10-15(14)18/h13-15,17H,5-12H2,1-4H3. The van der Waals surface area contributed by atoms with E-state index in [4.69, 9.17) is 0 Å². The lowest BCUT2D eigenvalue weighted by Crippen LogP contribution is -2.53. The van der Waals surface area contributed by atoms with Crippen LogP contribution in [0.2, 0.25) is 0 Å². The topological polar surface area (TPSA) is 15.3 Å². The molecule has 1 heterocycles. The smallest absolute Gasteiger partial charge is 0.0195 e. The Hall–Kier alpha value is -0.0800. The van der Waals surface area contributed by atoms with Crippen molar-refractivity contribution in [2.24, 2.45) is 5.92 Å². The molecule has 0 bridgehead atoms. The molecule has 1 N–H and O–H groups in total. The highest BCUT2D eigenvalue weighted by Crippen LogP contribution is 2.37. The van der Waals surface area contributed by atoms with Crippen molar-refractivity contribution in [1.29, 1.82) is 0 Å². The summed E-state index contributed by atoms with van der Waals surface area (Å²) in [6.07, 6.45) is 8.51. The van der Waals surface area contributed by atoms with E-state index in [2.05, 4.69) is 37.9 Å². The van der Waals surface area contributed by atoms with Gasteiger partial charge in [-0.2, -0.15) is 0 Å². The summed E-state index contributed by atoms with van der Waals surface area (Å²) in [5.74, 6) is 1.01. The Morgan fingerprint density at radius 1 is 1.22 bits per heavy atom. The minimum absolute atomic E-state index is 0.291. The molecule has 0 aromatic rings. The molecule has 2 nitrogen and oxygen atoms in total. The molecule has 0 spiro atoms. The Morgan fingerprint density at radius 2 is 1.94 bits per heavy atom. The summed E-state index contributed by atoms with van der Waals surface area (Å²) < 4.78 is 0. The van der Waals surface area contributed by atoms with E-state index in [1.54, 1.807) is 0 Å². The van der Waals surface area contributed by atoms with Gasteiger partial charge in [0.25, 0.3) is 0 Å². The van der Waals surface area contributed by atoms with Gasteiger partial charge in [0.15, 0.2) is 0 Å². The second kappa shape index (κ2) is 5.92. The highest BCUT2D eigenvalue weighted by atomic mass is 15.2. The van der Waals surface area contributed by atoms with Crippen LogP contribution in [-0.4, -0.2) is 35.6 Å². The summed E-state index contributed by atoms with van der Waals surface area (Å²) in [4.78, 5) is 2.81. The van der Waals surface area contributed by atoms with Crippen LogP contribution in [0.1, 0.15) is 66.2 Å². The zero-order chi connectivity index (χ0) is 13.2. The normalized spacial score (nSPS) is 31.3. The van der Waals surface area contributed by atoms with E-state index in [1.165, 1.54) is 45.1 Å². The number of nitrogens with one attached hydrogen (secondary N) is 1. The molecule has 0 radical (unpaired) electrons. The molecule has 0 aromatic carbocycles. The van der Waals surface area contributed by atoms with Crippen molar-refractivity contribution in [2.75, 3.05) is 13.1 Å². The minimum Gasteiger partial charge on any atom is -0.310 e. The Morgan fingerprint density at radius 3 is 2.67 bits per heavy atom. The van der Waals surface area contributed by atoms with E-state index in [0.29, 0.717) is 11.6 Å². The maximum atomic E-state index is 3.74. The van der Waals surface area contributed by atoms with Gasteiger partial charge in [-0.1, -0.05) is 13.3 Å². The van der Waals surface area contributed by atoms with Crippen LogP contribution in [0.5, 0.6) is 0 Å². The number of hydrogen-bond acceptors (Lipinski definition) is 2. The monoisotopic (exact) mass is 252 g/mol. The predicted octanol–water partition coefficient (Wildman–Crippen LogP) is 3.42. The molecule has 3 atom stereocenters. The van der Waals surface area contributed by atoms with Crippen molar-refractivity contribution in [3.05, 3.63) is 0 Å². The molecule has 1 aliphatic heterocycles. The van der Waals surface area contributed by atoms with E-state index < -0.39 is 0 Å². The first-order valence-corrected chi connectivity index (χ1v) is 8.04. The zero-order valence-electron chi connectivity index (χ0n) is 12.8. The predicted molar refractivity (Wildman–Crippen MR) is 78.9 cm³/mol. The second-order valence-electron chi connectivity index (χ2n) is 7.11. The molecule has 0 amide bonds. The molecule has 2 aliphatic rings. The number of piperidine rings is 1. The summed E-state index contributed by atoms with van der Waals surface area (Å²) in [7, 11) is 0. The Bertz CT molecular complexity index is 262. The van der Waals surface area contributed by atoms with Crippen molar-refractivity contribution >= 4 is 0 Å². The highest BCUT2D eigenvalue weighted by molar-refractivity contribution is 4.92. The number of hydrogen-bond donors (Lipinski definition) is 1. The fourth-order valence-corrected chi connectivity index (χ4v) is 3.71. The average molecular weight is 252 g/mol. The van der Waals surface area contributed by atoms with Crippen LogP contribution in [0.3, 0.4) is 0 Å². The quantitative estimate of drug-likeness (QED) is 0.806. The van der Waals surface area contributed by atoms with Gasteiger partial charge in [-0.3, -0.25) is 4.90 Å². The molecule has 1 aliphatic carbocycles. The molecule has 2 heteroatoms. The molecule has 106 valence electrons. The Balaban J connectivity index is 1.86. The summed E-state index contributed by atoms with van der Waals surface area (Å²) in [5.41, 5.74) is 0.291. The highest BCUT2D eigenvalue weighted by Gasteiger charge is 2.36. The van der Waals surface area contributed by atoms with E-state index in [0.717, 1.165) is 18.5 Å². The van der Waals surface area contributed by atoms with Gasteiger partial charge in [-0.05, 0) is 65.3 Å². The van der Waals surface area contributed by atoms with Gasteiger partial charge in [-0.15, -0.1) is 0 Å². The van der Waals surface area contributed by atoms with Crippen LogP contribution < -0.4 is 5.32 Å². The third kappa shape index (κ3) is 3.27. The van der Waals surface area contributed by atoms with Crippen LogP contribution in [0.25, 0.3) is 0 Å². The van der Waals surface area contributed by atoms with Crippen LogP contribution in [0.4, 0.5) is 0 Å². The molecular weight excluding hydrogens is 220 g/mol. The summed E-state index contributed by atoms with van der Waals surface area (Å²) in [5, 5.41) is 3.74. The molecule has 3 unspecified atom stereocenters. The van der Waals surface area contributed by atoms with Crippen LogP contribution in [0.15, 0.2) is 0 Å². The summed E-state index contributed by atoms with van der Waals surface area (Å²) >= 11 is 0. The summed E-state index contributed by atoms with van der Waals surface area (Å²) in [6.45, 7) is 11.8. The van der Waals surface area contributed by atoms with Crippen molar-refractivity contribution in [3.63, 3.8) is 0 Å². The Labute approximate surface area is 114 Å². The molecule has 0 aromatic heterocycles. The van der Waals surface area contributed by atoms with Crippen LogP contribution >= 0.6 is 0 Å². The third-order valence-corrected chi connectivity index (χ3v) is 5.36. The number of rotatable bonds is 5. The van der Waals surface area contributed by atoms with Crippen molar-refractivity contribution < 1.29 is 0 Å². The van der Waals surface area contributed by atoms with Crippen LogP contribution in [-0.2, 0) is 0 Å². The van der Waals surface area contributed by atoms with Gasteiger partial charge in [0.1, 0.15) is 0 Å². The molecule has 2 rings (SSSR count). The maximum absolute atomic E-state index is 3.74. The average Bonchev–Trinajstić information content (AvgIpc) is 2.84. The second-order valence-corrected chi connectivity index (χ2v) is 7.11. The summed E-state index contributed by atoms with van der Waals surface area (Å²) in [6, 6.07) is 1.60. The SMILES string of the molecule is CCC(C)(C)NCC(C)N1CCCC2CCCC21. The van der Waals surface area contributed by atoms with Gasteiger partial charge < -0.3 is 5.32 Å². The lowest BCUT2D eigenvalue weighted by molar-refractivity contribution is 0.0709. The number of nitrogens with zero attached hydrogens (tertiary/aromatic N) is 1. The minimum atomic E-state index is 0.291. The van der Waals surface area contributed by atoms with Crippen molar-refractivity contribution in [1.82, 2.24) is 10.2 Å². The van der Waals surface area contributed by atoms with E-state index in [1.807, 2.05) is 0 Å². The maximum Gasteiger partial charge on any atom is 0.0195 e. The van der Waals surface area contributed by atoms with Gasteiger partial charge in [-0.25, -0.2) is 0 Å². The molecule has 2 fully saturated rings. The Kier molecular flexibility index (Phi) is 4.71. The number of fused-ring (bicyclic) bond motifs is 1. The van der Waals surface area contributed by atoms with Gasteiger partial charge in [0, 0.05) is 24.2 Å². The van der Waals surface area contributed by atoms with E-state index in [9.17, 15) is 0 Å². The fourth-order valence-electron chi connectivity index (χ4n) is 3.71. The largest absolute Gasteiger partial charge is 0.310 e. The third-order valence-electron chi connectivity index (χ3n) is 5.36. The molecular formula is C16H32N2. The first kappa shape index (κ1) is 14.3. The van der Waals surface area contributed by atoms with Gasteiger partial charge in [0.05, 0.1) is 0 Å². The number of likely N-dealkylation sites (tertiary alicyclic amines) is 1. The van der Waals surface area contributed by atoms with E-state index >= 15 is 0 Å². The van der Waals surface area contributed by atoms with Crippen LogP contribution in [0, 0.1) is 5.92 Å². The van der Waals surface area contributed by atoms with Crippen molar-refractivity contribution in [2.45, 2.75) is 83.8 Å². The first-order valence-electron chi connectivity index (χ1n) is 8.04. The zero-order valence-corrected chi connectivity index (χ0v) is 12.8. The fraction of sp³-hybridized carbons (Fsp3) is 1.00. The molecule has 1 saturated carbocycles. The van der Waals surface area contributed by atoms with Gasteiger partial charge >= 0.3 is 0 Å². The molecule has 18 heavy (non-hydrogen) atoms. The molecule has 1 saturated heterocycles. The van der Waals surface area contributed by atoms with Gasteiger partial charge in [0.2, 0.25) is 0 Å².